The molecule has 0 amide bonds. The predicted molar refractivity (Wildman–Crippen MR) is 81.5 cm³/mol. The highest BCUT2D eigenvalue weighted by Crippen LogP contribution is 2.29. The first-order chi connectivity index (χ1) is 9.89. The maximum atomic E-state index is 9.30. The summed E-state index contributed by atoms with van der Waals surface area (Å²) in [5.74, 6) is 1.25. The number of nitrogens with zero attached hydrogens (tertiary/aromatic N) is 1. The molecule has 0 spiro atoms. The van der Waals surface area contributed by atoms with Crippen molar-refractivity contribution in [3.8, 4) is 17.5 Å². The number of aliphatic hydroxyl groups excluding tert-OH is 1. The number of anilines is 1. The normalized spacial score (nSPS) is 11.2. The van der Waals surface area contributed by atoms with E-state index in [2.05, 4.69) is 4.98 Å². The lowest BCUT2D eigenvalue weighted by Gasteiger charge is -2.21. The maximum Gasteiger partial charge on any atom is 0.241 e. The van der Waals surface area contributed by atoms with Crippen molar-refractivity contribution >= 4 is 5.69 Å². The number of hydrogen-bond acceptors (Lipinski definition) is 5. The van der Waals surface area contributed by atoms with Gasteiger partial charge in [-0.3, -0.25) is 0 Å². The van der Waals surface area contributed by atoms with E-state index in [1.165, 1.54) is 0 Å². The second-order valence-corrected chi connectivity index (χ2v) is 5.63. The van der Waals surface area contributed by atoms with Crippen molar-refractivity contribution in [2.45, 2.75) is 33.0 Å². The summed E-state index contributed by atoms with van der Waals surface area (Å²) in [4.78, 5) is 4.28. The molecule has 21 heavy (non-hydrogen) atoms. The second kappa shape index (κ2) is 6.01. The van der Waals surface area contributed by atoms with Gasteiger partial charge in [-0.15, -0.1) is 0 Å². The van der Waals surface area contributed by atoms with Crippen molar-refractivity contribution in [3.05, 3.63) is 42.0 Å². The largest absolute Gasteiger partial charge is 0.470 e. The molecule has 0 aliphatic carbocycles. The third-order valence-electron chi connectivity index (χ3n) is 2.62. The van der Waals surface area contributed by atoms with Gasteiger partial charge in [-0.2, -0.15) is 4.98 Å². The molecule has 0 atom stereocenters. The molecule has 0 aliphatic heterocycles. The summed E-state index contributed by atoms with van der Waals surface area (Å²) < 4.78 is 11.4. The van der Waals surface area contributed by atoms with Crippen LogP contribution >= 0.6 is 0 Å². The first-order valence-corrected chi connectivity index (χ1v) is 6.71. The molecule has 1 heterocycles. The molecule has 0 saturated carbocycles. The Morgan fingerprint density at radius 1 is 1.14 bits per heavy atom. The lowest BCUT2D eigenvalue weighted by molar-refractivity contribution is 0.124. The molecule has 3 N–H and O–H groups in total. The smallest absolute Gasteiger partial charge is 0.241 e. The minimum atomic E-state index is -0.400. The minimum absolute atomic E-state index is 0.101. The van der Waals surface area contributed by atoms with Crippen LogP contribution < -0.4 is 15.2 Å². The van der Waals surface area contributed by atoms with Crippen molar-refractivity contribution < 1.29 is 14.6 Å². The van der Waals surface area contributed by atoms with Crippen molar-refractivity contribution in [2.24, 2.45) is 0 Å². The molecule has 0 unspecified atom stereocenters. The standard InChI is InChI=1S/C16H20N2O3/c1-16(2,3)21-15-12(17)8-9-14(18-15)20-13-7-5-4-6-11(13)10-19/h4-9,19H,10,17H2,1-3H3. The Morgan fingerprint density at radius 3 is 2.52 bits per heavy atom. The van der Waals surface area contributed by atoms with Crippen LogP contribution in [0.5, 0.6) is 17.5 Å². The van der Waals surface area contributed by atoms with Crippen LogP contribution in [-0.2, 0) is 6.61 Å². The Hall–Kier alpha value is -2.27. The fourth-order valence-corrected chi connectivity index (χ4v) is 1.71. The Balaban J connectivity index is 2.27. The average molecular weight is 288 g/mol. The number of aliphatic hydroxyl groups is 1. The number of hydrogen-bond donors (Lipinski definition) is 2. The monoisotopic (exact) mass is 288 g/mol. The summed E-state index contributed by atoms with van der Waals surface area (Å²) in [6.07, 6.45) is 0. The van der Waals surface area contributed by atoms with Gasteiger partial charge in [-0.25, -0.2) is 0 Å². The van der Waals surface area contributed by atoms with Gasteiger partial charge in [0, 0.05) is 11.6 Å². The van der Waals surface area contributed by atoms with Crippen molar-refractivity contribution in [3.63, 3.8) is 0 Å². The molecule has 0 saturated heterocycles. The summed E-state index contributed by atoms with van der Waals surface area (Å²) in [7, 11) is 0. The number of para-hydroxylation sites is 1. The molecule has 0 radical (unpaired) electrons. The Kier molecular flexibility index (Phi) is 4.33. The van der Waals surface area contributed by atoms with Crippen LogP contribution in [0.2, 0.25) is 0 Å². The van der Waals surface area contributed by atoms with Crippen LogP contribution in [0.25, 0.3) is 0 Å². The number of nitrogen functional groups attached to an aromatic ring is 1. The van der Waals surface area contributed by atoms with Crippen LogP contribution in [0.15, 0.2) is 36.4 Å². The average Bonchev–Trinajstić information content (AvgIpc) is 2.41. The number of benzene rings is 1. The minimum Gasteiger partial charge on any atom is -0.470 e. The van der Waals surface area contributed by atoms with E-state index in [1.54, 1.807) is 24.3 Å². The summed E-state index contributed by atoms with van der Waals surface area (Å²) >= 11 is 0. The van der Waals surface area contributed by atoms with Crippen molar-refractivity contribution in [1.82, 2.24) is 4.98 Å². The quantitative estimate of drug-likeness (QED) is 0.903. The molecular formula is C16H20N2O3. The van der Waals surface area contributed by atoms with E-state index in [0.29, 0.717) is 28.8 Å². The Bertz CT molecular complexity index is 621. The number of aromatic nitrogens is 1. The molecule has 2 rings (SSSR count). The van der Waals surface area contributed by atoms with Crippen molar-refractivity contribution in [2.75, 3.05) is 5.73 Å². The third kappa shape index (κ3) is 4.10. The van der Waals surface area contributed by atoms with E-state index in [0.717, 1.165) is 0 Å². The first-order valence-electron chi connectivity index (χ1n) is 6.71. The summed E-state index contributed by atoms with van der Waals surface area (Å²) in [5, 5.41) is 9.30. The highest BCUT2D eigenvalue weighted by molar-refractivity contribution is 5.50. The highest BCUT2D eigenvalue weighted by atomic mass is 16.5. The van der Waals surface area contributed by atoms with E-state index in [9.17, 15) is 5.11 Å². The van der Waals surface area contributed by atoms with Crippen LogP contribution in [0, 0.1) is 0 Å². The Morgan fingerprint density at radius 2 is 1.86 bits per heavy atom. The second-order valence-electron chi connectivity index (χ2n) is 5.63. The van der Waals surface area contributed by atoms with Gasteiger partial charge in [0.15, 0.2) is 0 Å². The number of pyridine rings is 1. The zero-order chi connectivity index (χ0) is 15.5. The fourth-order valence-electron chi connectivity index (χ4n) is 1.71. The van der Waals surface area contributed by atoms with Gasteiger partial charge in [0.2, 0.25) is 11.8 Å². The van der Waals surface area contributed by atoms with E-state index >= 15 is 0 Å². The third-order valence-corrected chi connectivity index (χ3v) is 2.62. The fraction of sp³-hybridized carbons (Fsp3) is 0.312. The van der Waals surface area contributed by atoms with Crippen LogP contribution in [0.3, 0.4) is 0 Å². The molecule has 112 valence electrons. The zero-order valence-corrected chi connectivity index (χ0v) is 12.5. The molecule has 1 aromatic heterocycles. The molecule has 0 bridgehead atoms. The number of rotatable bonds is 4. The zero-order valence-electron chi connectivity index (χ0n) is 12.5. The first kappa shape index (κ1) is 15.1. The molecule has 0 aliphatic rings. The van der Waals surface area contributed by atoms with Crippen LogP contribution in [0.1, 0.15) is 26.3 Å². The summed E-state index contributed by atoms with van der Waals surface area (Å²) in [6.45, 7) is 5.66. The van der Waals surface area contributed by atoms with Gasteiger partial charge in [0.05, 0.1) is 12.3 Å². The van der Waals surface area contributed by atoms with Gasteiger partial charge in [-0.05, 0) is 32.9 Å². The molecule has 2 aromatic rings. The van der Waals surface area contributed by atoms with Crippen LogP contribution in [-0.4, -0.2) is 15.7 Å². The van der Waals surface area contributed by atoms with Crippen molar-refractivity contribution in [1.29, 1.82) is 0 Å². The highest BCUT2D eigenvalue weighted by Gasteiger charge is 2.16. The SMILES string of the molecule is CC(C)(C)Oc1nc(Oc2ccccc2CO)ccc1N. The van der Waals surface area contributed by atoms with Gasteiger partial charge < -0.3 is 20.3 Å². The van der Waals surface area contributed by atoms with Gasteiger partial charge >= 0.3 is 0 Å². The summed E-state index contributed by atoms with van der Waals surface area (Å²) in [5.41, 5.74) is 6.60. The van der Waals surface area contributed by atoms with E-state index in [-0.39, 0.29) is 6.61 Å². The van der Waals surface area contributed by atoms with E-state index in [1.807, 2.05) is 32.9 Å². The van der Waals surface area contributed by atoms with Gasteiger partial charge in [0.25, 0.3) is 0 Å². The molecular weight excluding hydrogens is 268 g/mol. The lowest BCUT2D eigenvalue weighted by atomic mass is 10.2. The predicted octanol–water partition coefficient (Wildman–Crippen LogP) is 3.13. The molecule has 0 fully saturated rings. The molecule has 5 heteroatoms. The molecule has 5 nitrogen and oxygen atoms in total. The van der Waals surface area contributed by atoms with Crippen LogP contribution in [0.4, 0.5) is 5.69 Å². The van der Waals surface area contributed by atoms with E-state index in [4.69, 9.17) is 15.2 Å². The summed E-state index contributed by atoms with van der Waals surface area (Å²) in [6, 6.07) is 10.6. The number of ether oxygens (including phenoxy) is 2. The van der Waals surface area contributed by atoms with Gasteiger partial charge in [-0.1, -0.05) is 18.2 Å². The lowest BCUT2D eigenvalue weighted by Crippen LogP contribution is -2.24. The Labute approximate surface area is 124 Å². The topological polar surface area (TPSA) is 77.6 Å². The number of nitrogens with two attached hydrogens (primary N) is 1. The van der Waals surface area contributed by atoms with Gasteiger partial charge in [0.1, 0.15) is 11.4 Å². The molecule has 1 aromatic carbocycles. The van der Waals surface area contributed by atoms with E-state index < -0.39 is 5.60 Å². The maximum absolute atomic E-state index is 9.30.